The van der Waals surface area contributed by atoms with Crippen LogP contribution in [0.25, 0.3) is 0 Å². The van der Waals surface area contributed by atoms with E-state index in [0.717, 1.165) is 25.1 Å². The summed E-state index contributed by atoms with van der Waals surface area (Å²) in [5, 5.41) is 12.8. The number of amides is 1. The Balaban J connectivity index is 0. The molecule has 0 aromatic carbocycles. The molecule has 7 nitrogen and oxygen atoms in total. The summed E-state index contributed by atoms with van der Waals surface area (Å²) in [7, 11) is -2.93. The molecule has 1 amide bonds. The van der Waals surface area contributed by atoms with E-state index in [9.17, 15) is 22.7 Å². The van der Waals surface area contributed by atoms with Crippen LogP contribution in [0.2, 0.25) is 0 Å². The van der Waals surface area contributed by atoms with Gasteiger partial charge >= 0.3 is 0 Å². The lowest BCUT2D eigenvalue weighted by molar-refractivity contribution is -0.118. The predicted octanol–water partition coefficient (Wildman–Crippen LogP) is 0.217. The van der Waals surface area contributed by atoms with Gasteiger partial charge in [0, 0.05) is 24.8 Å². The molecule has 2 rings (SSSR count). The van der Waals surface area contributed by atoms with Crippen molar-refractivity contribution in [3.8, 4) is 12.8 Å². The zero-order chi connectivity index (χ0) is 21.7. The van der Waals surface area contributed by atoms with Crippen LogP contribution in [0.5, 0.6) is 0 Å². The number of terminal acetylenes is 1. The lowest BCUT2D eigenvalue weighted by Gasteiger charge is -2.36. The van der Waals surface area contributed by atoms with E-state index in [1.165, 1.54) is 6.42 Å². The maximum atomic E-state index is 10.6. The summed E-state index contributed by atoms with van der Waals surface area (Å²) in [5.41, 5.74) is 9.80. The average Bonchev–Trinajstić information content (AvgIpc) is 3.01. The first-order valence-corrected chi connectivity index (χ1v) is 10.9. The van der Waals surface area contributed by atoms with E-state index in [4.69, 9.17) is 5.73 Å². The Morgan fingerprint density at radius 2 is 1.89 bits per heavy atom. The van der Waals surface area contributed by atoms with Crippen LogP contribution in [0.1, 0.15) is 39.5 Å². The van der Waals surface area contributed by atoms with Crippen molar-refractivity contribution in [2.45, 2.75) is 45.1 Å². The van der Waals surface area contributed by atoms with E-state index in [1.807, 2.05) is 0 Å². The third-order valence-electron chi connectivity index (χ3n) is 5.18. The standard InChI is InChI=1S/C9H17NO.C5H11NO3S.C2H6FN.C2H2/c1-8(2)7-3-4-9(8,6-11)10-5-7;1-10(8,9)4-2-3-5(6)7;3-1-2-4;1-2/h7,10-11H,3-6H2,1-2H3;2-4H2,1H3,(H2,6,7);1-2,4H2;1-2H. The van der Waals surface area contributed by atoms with Gasteiger partial charge in [0.2, 0.25) is 5.91 Å². The number of aliphatic hydroxyl groups excluding tert-OH is 1. The number of piperidine rings is 1. The Morgan fingerprint density at radius 3 is 2.07 bits per heavy atom. The Morgan fingerprint density at radius 1 is 1.37 bits per heavy atom. The minimum absolute atomic E-state index is 0.0376. The van der Waals surface area contributed by atoms with Crippen LogP contribution in [0.15, 0.2) is 0 Å². The summed E-state index contributed by atoms with van der Waals surface area (Å²) in [4.78, 5) is 10.1. The molecule has 0 aromatic heterocycles. The molecule has 1 heterocycles. The van der Waals surface area contributed by atoms with E-state index in [-0.39, 0.29) is 24.3 Å². The molecule has 1 saturated carbocycles. The molecule has 6 N–H and O–H groups in total. The number of alkyl halides is 1. The van der Waals surface area contributed by atoms with E-state index in [0.29, 0.717) is 18.4 Å². The summed E-state index contributed by atoms with van der Waals surface area (Å²) in [6, 6.07) is 0. The zero-order valence-electron chi connectivity index (χ0n) is 16.7. The van der Waals surface area contributed by atoms with Gasteiger partial charge in [-0.15, -0.1) is 12.8 Å². The van der Waals surface area contributed by atoms with Crippen molar-refractivity contribution in [1.29, 1.82) is 0 Å². The smallest absolute Gasteiger partial charge is 0.217 e. The number of hydrogen-bond acceptors (Lipinski definition) is 6. The molecule has 1 aliphatic heterocycles. The van der Waals surface area contributed by atoms with Crippen molar-refractivity contribution in [1.82, 2.24) is 5.32 Å². The van der Waals surface area contributed by atoms with Crippen LogP contribution >= 0.6 is 0 Å². The van der Waals surface area contributed by atoms with E-state index >= 15 is 0 Å². The number of nitrogens with one attached hydrogen (secondary N) is 1. The molecule has 2 aliphatic rings. The number of nitrogens with two attached hydrogens (primary N) is 2. The van der Waals surface area contributed by atoms with Gasteiger partial charge in [0.05, 0.1) is 12.4 Å². The molecule has 1 aliphatic carbocycles. The number of hydrogen-bond donors (Lipinski definition) is 4. The van der Waals surface area contributed by atoms with E-state index in [2.05, 4.69) is 37.7 Å². The van der Waals surface area contributed by atoms with Crippen LogP contribution in [0.4, 0.5) is 4.39 Å². The first-order chi connectivity index (χ1) is 12.5. The highest BCUT2D eigenvalue weighted by Crippen LogP contribution is 2.53. The number of carbonyl (C=O) groups excluding carboxylic acids is 1. The van der Waals surface area contributed by atoms with Crippen LogP contribution in [-0.4, -0.2) is 63.4 Å². The number of sulfone groups is 1. The van der Waals surface area contributed by atoms with E-state index in [1.54, 1.807) is 0 Å². The monoisotopic (exact) mass is 409 g/mol. The third-order valence-corrected chi connectivity index (χ3v) is 6.21. The maximum Gasteiger partial charge on any atom is 0.217 e. The number of primary amides is 1. The number of halogens is 1. The summed E-state index contributed by atoms with van der Waals surface area (Å²) >= 11 is 0. The largest absolute Gasteiger partial charge is 0.394 e. The van der Waals surface area contributed by atoms with Gasteiger partial charge < -0.3 is 21.9 Å². The van der Waals surface area contributed by atoms with E-state index < -0.39 is 22.4 Å². The molecular formula is C18H36FN3O4S. The summed E-state index contributed by atoms with van der Waals surface area (Å²) < 4.78 is 31.5. The quantitative estimate of drug-likeness (QED) is 0.463. The molecule has 160 valence electrons. The maximum absolute atomic E-state index is 10.6. The Hall–Kier alpha value is -1.21. The van der Waals surface area contributed by atoms with Gasteiger partial charge in [-0.25, -0.2) is 12.8 Å². The highest BCUT2D eigenvalue weighted by molar-refractivity contribution is 7.90. The first kappa shape index (κ1) is 28.0. The molecule has 27 heavy (non-hydrogen) atoms. The van der Waals surface area contributed by atoms with Crippen molar-refractivity contribution >= 4 is 15.7 Å². The van der Waals surface area contributed by atoms with Crippen LogP contribution in [-0.2, 0) is 14.6 Å². The van der Waals surface area contributed by atoms with Gasteiger partial charge in [0.1, 0.15) is 16.5 Å². The molecular weight excluding hydrogens is 373 g/mol. The lowest BCUT2D eigenvalue weighted by Crippen LogP contribution is -2.50. The summed E-state index contributed by atoms with van der Waals surface area (Å²) in [6.45, 7) is 5.71. The Kier molecular flexibility index (Phi) is 13.5. The Labute approximate surface area is 163 Å². The second-order valence-corrected chi connectivity index (χ2v) is 9.52. The molecule has 0 aromatic rings. The highest BCUT2D eigenvalue weighted by atomic mass is 32.2. The molecule has 2 bridgehead atoms. The van der Waals surface area contributed by atoms with Gasteiger partial charge in [-0.05, 0) is 37.1 Å². The average molecular weight is 410 g/mol. The van der Waals surface area contributed by atoms with Gasteiger partial charge in [0.15, 0.2) is 0 Å². The van der Waals surface area contributed by atoms with Crippen molar-refractivity contribution in [3.63, 3.8) is 0 Å². The topological polar surface area (TPSA) is 136 Å². The zero-order valence-corrected chi connectivity index (χ0v) is 17.5. The third kappa shape index (κ3) is 9.51. The van der Waals surface area contributed by atoms with Crippen LogP contribution in [0, 0.1) is 24.2 Å². The SMILES string of the molecule is C#C.CC1(C)C2CCC1(CO)NC2.CS(=O)(=O)CCCC(N)=O.NCCF. The van der Waals surface area contributed by atoms with Gasteiger partial charge in [-0.1, -0.05) is 13.8 Å². The predicted molar refractivity (Wildman–Crippen MR) is 107 cm³/mol. The number of fused-ring (bicyclic) bond motifs is 2. The second kappa shape index (κ2) is 13.0. The molecule has 0 spiro atoms. The van der Waals surface area contributed by atoms with Crippen molar-refractivity contribution in [2.24, 2.45) is 22.8 Å². The van der Waals surface area contributed by atoms with Gasteiger partial charge in [-0.2, -0.15) is 0 Å². The molecule has 1 saturated heterocycles. The van der Waals surface area contributed by atoms with Crippen LogP contribution in [0.3, 0.4) is 0 Å². The summed E-state index contributed by atoms with van der Waals surface area (Å²) in [5.74, 6) is 0.369. The van der Waals surface area contributed by atoms with Crippen molar-refractivity contribution in [2.75, 3.05) is 38.4 Å². The minimum Gasteiger partial charge on any atom is -0.394 e. The van der Waals surface area contributed by atoms with Crippen molar-refractivity contribution in [3.05, 3.63) is 0 Å². The molecule has 2 fully saturated rings. The normalized spacial score (nSPS) is 24.4. The fraction of sp³-hybridized carbons (Fsp3) is 0.833. The number of aliphatic hydroxyl groups is 1. The lowest BCUT2D eigenvalue weighted by atomic mass is 9.74. The first-order valence-electron chi connectivity index (χ1n) is 8.87. The summed E-state index contributed by atoms with van der Waals surface area (Å²) in [6.07, 6.45) is 12.1. The fourth-order valence-electron chi connectivity index (χ4n) is 3.33. The molecule has 2 atom stereocenters. The molecule has 9 heteroatoms. The van der Waals surface area contributed by atoms with Crippen molar-refractivity contribution < 1.29 is 22.7 Å². The number of rotatable bonds is 6. The highest BCUT2D eigenvalue weighted by Gasteiger charge is 2.58. The fourth-order valence-corrected chi connectivity index (χ4v) is 4.00. The van der Waals surface area contributed by atoms with Gasteiger partial charge in [0.25, 0.3) is 0 Å². The molecule has 0 radical (unpaired) electrons. The molecule has 2 unspecified atom stereocenters. The van der Waals surface area contributed by atoms with Crippen LogP contribution < -0.4 is 16.8 Å². The Bertz CT molecular complexity index is 540. The second-order valence-electron chi connectivity index (χ2n) is 7.26. The van der Waals surface area contributed by atoms with Gasteiger partial charge in [-0.3, -0.25) is 4.79 Å². The number of carbonyl (C=O) groups is 1. The minimum atomic E-state index is -2.93.